The third-order valence-electron chi connectivity index (χ3n) is 2.50. The van der Waals surface area contributed by atoms with Crippen molar-refractivity contribution in [2.24, 2.45) is 0 Å². The maximum Gasteiger partial charge on any atom is 0.319 e. The van der Waals surface area contributed by atoms with Crippen molar-refractivity contribution in [2.45, 2.75) is 20.4 Å². The molecule has 5 heteroatoms. The molecule has 0 radical (unpaired) electrons. The van der Waals surface area contributed by atoms with Gasteiger partial charge in [-0.05, 0) is 26.0 Å². The number of benzene rings is 1. The molecule has 2 N–H and O–H groups in total. The molecule has 0 saturated heterocycles. The Morgan fingerprint density at radius 3 is 2.61 bits per heavy atom. The molecule has 1 heterocycles. The van der Waals surface area contributed by atoms with Gasteiger partial charge in [-0.2, -0.15) is 0 Å². The molecule has 18 heavy (non-hydrogen) atoms. The van der Waals surface area contributed by atoms with E-state index in [1.54, 1.807) is 0 Å². The lowest BCUT2D eigenvalue weighted by Crippen LogP contribution is -2.28. The molecule has 0 aliphatic carbocycles. The number of rotatable bonds is 3. The highest BCUT2D eigenvalue weighted by molar-refractivity contribution is 5.89. The molecule has 5 nitrogen and oxygen atoms in total. The number of hydrogen-bond donors (Lipinski definition) is 2. The van der Waals surface area contributed by atoms with Gasteiger partial charge in [0.2, 0.25) is 5.89 Å². The number of oxazole rings is 1. The molecular formula is C13H15N3O2. The SMILES string of the molecule is Cc1nc(CNC(=O)Nc2ccccc2)oc1C. The Balaban J connectivity index is 1.85. The van der Waals surface area contributed by atoms with Gasteiger partial charge in [-0.3, -0.25) is 0 Å². The maximum absolute atomic E-state index is 11.6. The lowest BCUT2D eigenvalue weighted by molar-refractivity contribution is 0.250. The number of hydrogen-bond acceptors (Lipinski definition) is 3. The van der Waals surface area contributed by atoms with E-state index < -0.39 is 0 Å². The molecule has 2 rings (SSSR count). The van der Waals surface area contributed by atoms with Gasteiger partial charge in [0, 0.05) is 5.69 Å². The van der Waals surface area contributed by atoms with Crippen molar-refractivity contribution < 1.29 is 9.21 Å². The van der Waals surface area contributed by atoms with Crippen molar-refractivity contribution in [2.75, 3.05) is 5.32 Å². The predicted molar refractivity (Wildman–Crippen MR) is 68.3 cm³/mol. The first kappa shape index (κ1) is 12.2. The van der Waals surface area contributed by atoms with Crippen LogP contribution in [0.3, 0.4) is 0 Å². The van der Waals surface area contributed by atoms with Crippen molar-refractivity contribution >= 4 is 11.7 Å². The van der Waals surface area contributed by atoms with Crippen LogP contribution in [-0.2, 0) is 6.54 Å². The minimum absolute atomic E-state index is 0.271. The fourth-order valence-electron chi connectivity index (χ4n) is 1.47. The molecular weight excluding hydrogens is 230 g/mol. The average molecular weight is 245 g/mol. The molecule has 0 aliphatic heterocycles. The molecule has 2 aromatic rings. The van der Waals surface area contributed by atoms with Gasteiger partial charge in [0.05, 0.1) is 12.2 Å². The normalized spacial score (nSPS) is 10.1. The van der Waals surface area contributed by atoms with E-state index in [2.05, 4.69) is 15.6 Å². The molecule has 0 bridgehead atoms. The van der Waals surface area contributed by atoms with Gasteiger partial charge in [-0.15, -0.1) is 0 Å². The largest absolute Gasteiger partial charge is 0.444 e. The predicted octanol–water partition coefficient (Wildman–Crippen LogP) is 2.61. The Hall–Kier alpha value is -2.30. The highest BCUT2D eigenvalue weighted by Gasteiger charge is 2.07. The molecule has 1 aromatic heterocycles. The second kappa shape index (κ2) is 5.35. The van der Waals surface area contributed by atoms with Gasteiger partial charge >= 0.3 is 6.03 Å². The fraction of sp³-hybridized carbons (Fsp3) is 0.231. The number of para-hydroxylation sites is 1. The van der Waals surface area contributed by atoms with Crippen LogP contribution in [0.5, 0.6) is 0 Å². The summed E-state index contributed by atoms with van der Waals surface area (Å²) in [7, 11) is 0. The van der Waals surface area contributed by atoms with Crippen LogP contribution >= 0.6 is 0 Å². The standard InChI is InChI=1S/C13H15N3O2/c1-9-10(2)18-12(15-9)8-14-13(17)16-11-6-4-3-5-7-11/h3-7H,8H2,1-2H3,(H2,14,16,17). The zero-order chi connectivity index (χ0) is 13.0. The van der Waals surface area contributed by atoms with Crippen molar-refractivity contribution in [3.8, 4) is 0 Å². The van der Waals surface area contributed by atoms with Crippen LogP contribution in [-0.4, -0.2) is 11.0 Å². The lowest BCUT2D eigenvalue weighted by Gasteiger charge is -2.05. The molecule has 2 amide bonds. The number of aromatic nitrogens is 1. The van der Waals surface area contributed by atoms with Crippen LogP contribution in [0.1, 0.15) is 17.3 Å². The van der Waals surface area contributed by atoms with E-state index >= 15 is 0 Å². The number of carbonyl (C=O) groups is 1. The van der Waals surface area contributed by atoms with Crippen LogP contribution in [0.4, 0.5) is 10.5 Å². The number of nitrogens with one attached hydrogen (secondary N) is 2. The molecule has 0 spiro atoms. The Labute approximate surface area is 105 Å². The zero-order valence-corrected chi connectivity index (χ0v) is 10.4. The Kier molecular flexibility index (Phi) is 3.62. The van der Waals surface area contributed by atoms with E-state index in [1.165, 1.54) is 0 Å². The second-order valence-corrected chi connectivity index (χ2v) is 3.92. The number of aryl methyl sites for hydroxylation is 2. The first-order chi connectivity index (χ1) is 8.65. The van der Waals surface area contributed by atoms with Crippen LogP contribution in [0.25, 0.3) is 0 Å². The zero-order valence-electron chi connectivity index (χ0n) is 10.4. The van der Waals surface area contributed by atoms with Gasteiger partial charge in [-0.1, -0.05) is 18.2 Å². The number of carbonyl (C=O) groups excluding carboxylic acids is 1. The second-order valence-electron chi connectivity index (χ2n) is 3.92. The van der Waals surface area contributed by atoms with Crippen molar-refractivity contribution in [3.63, 3.8) is 0 Å². The van der Waals surface area contributed by atoms with E-state index in [0.717, 1.165) is 17.1 Å². The summed E-state index contributed by atoms with van der Waals surface area (Å²) in [5.41, 5.74) is 1.59. The third-order valence-corrected chi connectivity index (χ3v) is 2.50. The molecule has 0 fully saturated rings. The summed E-state index contributed by atoms with van der Waals surface area (Å²) in [4.78, 5) is 15.8. The van der Waals surface area contributed by atoms with Crippen LogP contribution < -0.4 is 10.6 Å². The smallest absolute Gasteiger partial charge is 0.319 e. The van der Waals surface area contributed by atoms with Crippen LogP contribution in [0.2, 0.25) is 0 Å². The number of urea groups is 1. The number of nitrogens with zero attached hydrogens (tertiary/aromatic N) is 1. The summed E-state index contributed by atoms with van der Waals surface area (Å²) in [6, 6.07) is 8.96. The van der Waals surface area contributed by atoms with Crippen molar-refractivity contribution in [3.05, 3.63) is 47.7 Å². The summed E-state index contributed by atoms with van der Waals surface area (Å²) in [6.45, 7) is 3.98. The molecule has 0 saturated carbocycles. The Bertz CT molecular complexity index is 515. The molecule has 1 aromatic carbocycles. The Morgan fingerprint density at radius 1 is 1.28 bits per heavy atom. The topological polar surface area (TPSA) is 67.2 Å². The molecule has 0 unspecified atom stereocenters. The first-order valence-corrected chi connectivity index (χ1v) is 5.68. The summed E-state index contributed by atoms with van der Waals surface area (Å²) < 4.78 is 5.36. The lowest BCUT2D eigenvalue weighted by atomic mass is 10.3. The maximum atomic E-state index is 11.6. The molecule has 0 atom stereocenters. The minimum atomic E-state index is -0.283. The van der Waals surface area contributed by atoms with E-state index in [1.807, 2.05) is 44.2 Å². The van der Waals surface area contributed by atoms with Crippen LogP contribution in [0.15, 0.2) is 34.7 Å². The van der Waals surface area contributed by atoms with Crippen LogP contribution in [0, 0.1) is 13.8 Å². The van der Waals surface area contributed by atoms with Gasteiger partial charge in [-0.25, -0.2) is 9.78 Å². The molecule has 0 aliphatic rings. The van der Waals surface area contributed by atoms with Gasteiger partial charge in [0.1, 0.15) is 5.76 Å². The van der Waals surface area contributed by atoms with E-state index in [-0.39, 0.29) is 12.6 Å². The highest BCUT2D eigenvalue weighted by atomic mass is 16.4. The molecule has 94 valence electrons. The van der Waals surface area contributed by atoms with E-state index in [9.17, 15) is 4.79 Å². The monoisotopic (exact) mass is 245 g/mol. The highest BCUT2D eigenvalue weighted by Crippen LogP contribution is 2.08. The minimum Gasteiger partial charge on any atom is -0.444 e. The van der Waals surface area contributed by atoms with Crippen molar-refractivity contribution in [1.82, 2.24) is 10.3 Å². The van der Waals surface area contributed by atoms with Gasteiger partial charge < -0.3 is 15.1 Å². The fourth-order valence-corrected chi connectivity index (χ4v) is 1.47. The number of amides is 2. The summed E-state index contributed by atoms with van der Waals surface area (Å²) in [6.07, 6.45) is 0. The quantitative estimate of drug-likeness (QED) is 0.873. The van der Waals surface area contributed by atoms with E-state index in [4.69, 9.17) is 4.42 Å². The summed E-state index contributed by atoms with van der Waals surface area (Å²) in [5, 5.41) is 5.40. The van der Waals surface area contributed by atoms with Gasteiger partial charge in [0.25, 0.3) is 0 Å². The van der Waals surface area contributed by atoms with Crippen molar-refractivity contribution in [1.29, 1.82) is 0 Å². The Morgan fingerprint density at radius 2 is 2.00 bits per heavy atom. The third kappa shape index (κ3) is 3.10. The summed E-state index contributed by atoms with van der Waals surface area (Å²) >= 11 is 0. The van der Waals surface area contributed by atoms with Gasteiger partial charge in [0.15, 0.2) is 0 Å². The summed E-state index contributed by atoms with van der Waals surface area (Å²) in [5.74, 6) is 1.28. The average Bonchev–Trinajstić information content (AvgIpc) is 2.68. The van der Waals surface area contributed by atoms with E-state index in [0.29, 0.717) is 5.89 Å². The first-order valence-electron chi connectivity index (χ1n) is 5.68. The number of anilines is 1.